The van der Waals surface area contributed by atoms with E-state index in [0.717, 1.165) is 0 Å². The predicted molar refractivity (Wildman–Crippen MR) is 31.6 cm³/mol. The quantitative estimate of drug-likeness (QED) is 0.541. The van der Waals surface area contributed by atoms with E-state index in [0.29, 0.717) is 0 Å². The van der Waals surface area contributed by atoms with Gasteiger partial charge in [0.1, 0.15) is 11.4 Å². The number of hydrogen-bond donors (Lipinski definition) is 0. The molecule has 0 spiro atoms. The van der Waals surface area contributed by atoms with Gasteiger partial charge in [-0.1, -0.05) is 0 Å². The van der Waals surface area contributed by atoms with Gasteiger partial charge in [-0.05, 0) is 0 Å². The highest BCUT2D eigenvalue weighted by molar-refractivity contribution is 6.11. The van der Waals surface area contributed by atoms with Gasteiger partial charge in [-0.15, -0.1) is 10.2 Å². The lowest BCUT2D eigenvalue weighted by atomic mass is 10.2. The summed E-state index contributed by atoms with van der Waals surface area (Å²) in [5.41, 5.74) is -3.03. The second-order valence-corrected chi connectivity index (χ2v) is 2.27. The van der Waals surface area contributed by atoms with Crippen LogP contribution in [0.5, 0.6) is 0 Å². The summed E-state index contributed by atoms with van der Waals surface area (Å²) in [6.45, 7) is 0. The Morgan fingerprint density at radius 2 is 1.08 bits per heavy atom. The van der Waals surface area contributed by atoms with E-state index in [4.69, 9.17) is 0 Å². The molecule has 0 saturated heterocycles. The van der Waals surface area contributed by atoms with E-state index < -0.39 is 30.2 Å². The molecule has 13 heavy (non-hydrogen) atoms. The first-order valence-electron chi connectivity index (χ1n) is 2.99. The first kappa shape index (κ1) is 10.0. The largest absolute Gasteiger partial charge is 0.431 e. The van der Waals surface area contributed by atoms with Crippen molar-refractivity contribution in [2.24, 2.45) is 10.2 Å². The lowest BCUT2D eigenvalue weighted by molar-refractivity contribution is -0.0633. The van der Waals surface area contributed by atoms with Crippen LogP contribution in [0.25, 0.3) is 0 Å². The van der Waals surface area contributed by atoms with Crippen molar-refractivity contribution in [2.75, 3.05) is 0 Å². The van der Waals surface area contributed by atoms with E-state index in [1.807, 2.05) is 0 Å². The smallest absolute Gasteiger partial charge is 0.165 e. The normalized spacial score (nSPS) is 18.6. The summed E-state index contributed by atoms with van der Waals surface area (Å²) in [6, 6.07) is 0. The maximum atomic E-state index is 11.8. The topological polar surface area (TPSA) is 24.7 Å². The van der Waals surface area contributed by atoms with Crippen molar-refractivity contribution < 1.29 is 26.3 Å². The molecule has 8 heteroatoms. The zero-order chi connectivity index (χ0) is 10.3. The average Bonchev–Trinajstić information content (AvgIpc) is 2.28. The second kappa shape index (κ2) is 2.71. The highest BCUT2D eigenvalue weighted by atomic mass is 19.4. The second-order valence-electron chi connectivity index (χ2n) is 2.27. The Balaban J connectivity index is 2.71. The van der Waals surface area contributed by atoms with Crippen molar-refractivity contribution in [3.05, 3.63) is 0 Å². The van der Waals surface area contributed by atoms with Crippen LogP contribution >= 0.6 is 0 Å². The maximum Gasteiger partial charge on any atom is 0.431 e. The van der Waals surface area contributed by atoms with Gasteiger partial charge in [0.05, 0.1) is 0 Å². The average molecular weight is 204 g/mol. The van der Waals surface area contributed by atoms with Gasteiger partial charge >= 0.3 is 12.4 Å². The molecular formula is C5H2F6N2. The molecule has 0 unspecified atom stereocenters. The summed E-state index contributed by atoms with van der Waals surface area (Å²) in [5, 5.41) is 4.83. The summed E-state index contributed by atoms with van der Waals surface area (Å²) in [4.78, 5) is 0. The Hall–Kier alpha value is -1.08. The van der Waals surface area contributed by atoms with Crippen molar-refractivity contribution in [1.82, 2.24) is 0 Å². The van der Waals surface area contributed by atoms with Gasteiger partial charge in [-0.2, -0.15) is 26.3 Å². The summed E-state index contributed by atoms with van der Waals surface area (Å²) in [6.07, 6.45) is -11.0. The number of hydrogen-bond acceptors (Lipinski definition) is 2. The van der Waals surface area contributed by atoms with Crippen LogP contribution in [0.15, 0.2) is 10.2 Å². The number of halogens is 6. The van der Waals surface area contributed by atoms with Crippen molar-refractivity contribution in [3.8, 4) is 0 Å². The molecular weight excluding hydrogens is 202 g/mol. The van der Waals surface area contributed by atoms with Crippen molar-refractivity contribution in [1.29, 1.82) is 0 Å². The molecule has 1 heterocycles. The molecule has 0 N–H and O–H groups in total. The third kappa shape index (κ3) is 2.19. The molecule has 74 valence electrons. The van der Waals surface area contributed by atoms with Gasteiger partial charge in [0, 0.05) is 6.42 Å². The number of alkyl halides is 6. The summed E-state index contributed by atoms with van der Waals surface area (Å²) >= 11 is 0. The molecule has 0 aliphatic carbocycles. The van der Waals surface area contributed by atoms with E-state index >= 15 is 0 Å². The standard InChI is InChI=1S/C5H2F6N2/c6-4(7,8)2-1-3(13-12-2)5(9,10)11/h1H2. The van der Waals surface area contributed by atoms with Crippen LogP contribution in [0.2, 0.25) is 0 Å². The SMILES string of the molecule is FC(F)(F)C1=NN=C(C(F)(F)F)C1. The zero-order valence-corrected chi connectivity index (χ0v) is 5.87. The van der Waals surface area contributed by atoms with E-state index in [1.54, 1.807) is 0 Å². The Morgan fingerprint density at radius 1 is 0.769 bits per heavy atom. The van der Waals surface area contributed by atoms with Gasteiger partial charge in [0.15, 0.2) is 0 Å². The first-order chi connectivity index (χ1) is 5.71. The summed E-state index contributed by atoms with van der Waals surface area (Å²) in [5.74, 6) is 0. The molecule has 1 aliphatic heterocycles. The number of nitrogens with zero attached hydrogens (tertiary/aromatic N) is 2. The Morgan fingerprint density at radius 3 is 1.23 bits per heavy atom. The van der Waals surface area contributed by atoms with Crippen LogP contribution in [0.4, 0.5) is 26.3 Å². The molecule has 0 fully saturated rings. The molecule has 1 rings (SSSR count). The molecule has 0 amide bonds. The van der Waals surface area contributed by atoms with Crippen LogP contribution in [-0.2, 0) is 0 Å². The van der Waals surface area contributed by atoms with Gasteiger partial charge in [0.2, 0.25) is 0 Å². The lowest BCUT2D eigenvalue weighted by Gasteiger charge is -2.06. The van der Waals surface area contributed by atoms with Crippen LogP contribution in [0.1, 0.15) is 6.42 Å². The molecule has 0 aromatic heterocycles. The molecule has 0 radical (unpaired) electrons. The third-order valence-corrected chi connectivity index (χ3v) is 1.28. The van der Waals surface area contributed by atoms with E-state index in [1.165, 1.54) is 0 Å². The van der Waals surface area contributed by atoms with E-state index in [2.05, 4.69) is 10.2 Å². The van der Waals surface area contributed by atoms with Crippen molar-refractivity contribution >= 4 is 11.4 Å². The predicted octanol–water partition coefficient (Wildman–Crippen LogP) is 2.31. The molecule has 0 aromatic carbocycles. The van der Waals surface area contributed by atoms with Gasteiger partial charge < -0.3 is 0 Å². The van der Waals surface area contributed by atoms with E-state index in [-0.39, 0.29) is 0 Å². The first-order valence-corrected chi connectivity index (χ1v) is 2.99. The molecule has 0 bridgehead atoms. The summed E-state index contributed by atoms with van der Waals surface area (Å²) < 4.78 is 70.5. The fourth-order valence-electron chi connectivity index (χ4n) is 0.664. The minimum Gasteiger partial charge on any atom is -0.165 e. The number of rotatable bonds is 0. The fraction of sp³-hybridized carbons (Fsp3) is 0.600. The molecule has 2 nitrogen and oxygen atoms in total. The minimum atomic E-state index is -4.84. The Labute approximate surface area is 67.9 Å². The lowest BCUT2D eigenvalue weighted by Crippen LogP contribution is -2.28. The monoisotopic (exact) mass is 204 g/mol. The molecule has 1 aliphatic rings. The maximum absolute atomic E-state index is 11.8. The van der Waals surface area contributed by atoms with Gasteiger partial charge in [-0.3, -0.25) is 0 Å². The van der Waals surface area contributed by atoms with Gasteiger partial charge in [0.25, 0.3) is 0 Å². The Bertz CT molecular complexity index is 242. The molecule has 0 saturated carbocycles. The molecule has 0 aromatic rings. The van der Waals surface area contributed by atoms with Crippen molar-refractivity contribution in [3.63, 3.8) is 0 Å². The van der Waals surface area contributed by atoms with Crippen LogP contribution in [0.3, 0.4) is 0 Å². The van der Waals surface area contributed by atoms with Crippen LogP contribution in [0, 0.1) is 0 Å². The van der Waals surface area contributed by atoms with E-state index in [9.17, 15) is 26.3 Å². The Kier molecular flexibility index (Phi) is 2.08. The van der Waals surface area contributed by atoms with Crippen molar-refractivity contribution in [2.45, 2.75) is 18.8 Å². The molecule has 0 atom stereocenters. The van der Waals surface area contributed by atoms with Crippen LogP contribution in [-0.4, -0.2) is 23.8 Å². The fourth-order valence-corrected chi connectivity index (χ4v) is 0.664. The third-order valence-electron chi connectivity index (χ3n) is 1.28. The van der Waals surface area contributed by atoms with Gasteiger partial charge in [-0.25, -0.2) is 0 Å². The summed E-state index contributed by atoms with van der Waals surface area (Å²) in [7, 11) is 0. The highest BCUT2D eigenvalue weighted by Gasteiger charge is 2.46. The zero-order valence-electron chi connectivity index (χ0n) is 5.87. The highest BCUT2D eigenvalue weighted by Crippen LogP contribution is 2.28. The van der Waals surface area contributed by atoms with Crippen LogP contribution < -0.4 is 0 Å². The minimum absolute atomic E-state index is 1.30.